The number of nitrogens with two attached hydrogens (primary N) is 1. The summed E-state index contributed by atoms with van der Waals surface area (Å²) in [6.07, 6.45) is 2.78. The Morgan fingerprint density at radius 1 is 1.29 bits per heavy atom. The molecule has 4 N–H and O–H groups in total. The first-order chi connectivity index (χ1) is 9.87. The molecule has 1 fully saturated rings. The van der Waals surface area contributed by atoms with E-state index in [1.54, 1.807) is 12.1 Å². The Bertz CT molecular complexity index is 598. The third-order valence-electron chi connectivity index (χ3n) is 3.63. The summed E-state index contributed by atoms with van der Waals surface area (Å²) in [4.78, 5) is 11.1. The Balaban J connectivity index is 1.97. The van der Waals surface area contributed by atoms with Gasteiger partial charge in [-0.25, -0.2) is 13.1 Å². The summed E-state index contributed by atoms with van der Waals surface area (Å²) in [6, 6.07) is 6.29. The molecule has 0 saturated heterocycles. The van der Waals surface area contributed by atoms with Gasteiger partial charge in [-0.05, 0) is 49.4 Å². The minimum absolute atomic E-state index is 0.191. The molecule has 21 heavy (non-hydrogen) atoms. The Kier molecular flexibility index (Phi) is 4.97. The van der Waals surface area contributed by atoms with Gasteiger partial charge in [0.2, 0.25) is 15.9 Å². The van der Waals surface area contributed by atoms with Crippen molar-refractivity contribution in [3.05, 3.63) is 24.3 Å². The normalized spacial score (nSPS) is 22.2. The van der Waals surface area contributed by atoms with E-state index in [1.165, 1.54) is 19.1 Å². The molecular formula is C14H21N3O3S. The molecule has 2 unspecified atom stereocenters. The van der Waals surface area contributed by atoms with Gasteiger partial charge in [0.15, 0.2) is 0 Å². The summed E-state index contributed by atoms with van der Waals surface area (Å²) in [5.74, 6) is 0.120. The number of benzene rings is 1. The van der Waals surface area contributed by atoms with Crippen LogP contribution in [0, 0.1) is 5.92 Å². The van der Waals surface area contributed by atoms with Crippen LogP contribution in [0.5, 0.6) is 0 Å². The Hall–Kier alpha value is -1.44. The van der Waals surface area contributed by atoms with Crippen molar-refractivity contribution in [3.63, 3.8) is 0 Å². The molecule has 1 aliphatic carbocycles. The lowest BCUT2D eigenvalue weighted by atomic mass is 10.1. The number of anilines is 1. The average Bonchev–Trinajstić information content (AvgIpc) is 2.82. The van der Waals surface area contributed by atoms with Crippen LogP contribution in [0.1, 0.15) is 26.2 Å². The first-order valence-electron chi connectivity index (χ1n) is 7.00. The van der Waals surface area contributed by atoms with Crippen molar-refractivity contribution >= 4 is 21.6 Å². The predicted octanol–water partition coefficient (Wildman–Crippen LogP) is 1.05. The van der Waals surface area contributed by atoms with Crippen molar-refractivity contribution in [2.24, 2.45) is 11.7 Å². The van der Waals surface area contributed by atoms with Crippen LogP contribution in [0.15, 0.2) is 29.2 Å². The topological polar surface area (TPSA) is 101 Å². The molecule has 0 aliphatic heterocycles. The van der Waals surface area contributed by atoms with E-state index < -0.39 is 10.0 Å². The maximum absolute atomic E-state index is 12.2. The summed E-state index contributed by atoms with van der Waals surface area (Å²) < 4.78 is 27.0. The van der Waals surface area contributed by atoms with E-state index in [1.807, 2.05) is 0 Å². The quantitative estimate of drug-likeness (QED) is 0.756. The first kappa shape index (κ1) is 15.9. The fourth-order valence-corrected chi connectivity index (χ4v) is 3.65. The molecule has 1 amide bonds. The van der Waals surface area contributed by atoms with Crippen LogP contribution in [-0.4, -0.2) is 26.9 Å². The zero-order valence-electron chi connectivity index (χ0n) is 12.0. The Morgan fingerprint density at radius 2 is 1.95 bits per heavy atom. The lowest BCUT2D eigenvalue weighted by Gasteiger charge is -2.12. The van der Waals surface area contributed by atoms with Gasteiger partial charge in [-0.3, -0.25) is 4.79 Å². The lowest BCUT2D eigenvalue weighted by molar-refractivity contribution is -0.114. The van der Waals surface area contributed by atoms with Gasteiger partial charge in [0.1, 0.15) is 0 Å². The highest BCUT2D eigenvalue weighted by molar-refractivity contribution is 7.89. The van der Waals surface area contributed by atoms with Crippen LogP contribution in [0.2, 0.25) is 0 Å². The molecule has 0 aromatic heterocycles. The van der Waals surface area contributed by atoms with E-state index in [2.05, 4.69) is 10.0 Å². The van der Waals surface area contributed by atoms with Gasteiger partial charge in [0, 0.05) is 25.2 Å². The molecule has 116 valence electrons. The third kappa shape index (κ3) is 4.52. The fourth-order valence-electron chi connectivity index (χ4n) is 2.53. The van der Waals surface area contributed by atoms with Crippen LogP contribution in [0.25, 0.3) is 0 Å². The molecule has 0 radical (unpaired) electrons. The highest BCUT2D eigenvalue weighted by atomic mass is 32.2. The Labute approximate surface area is 125 Å². The monoisotopic (exact) mass is 311 g/mol. The minimum atomic E-state index is -3.51. The van der Waals surface area contributed by atoms with Crippen molar-refractivity contribution in [2.75, 3.05) is 11.9 Å². The van der Waals surface area contributed by atoms with Gasteiger partial charge in [-0.2, -0.15) is 0 Å². The molecule has 1 aromatic rings. The number of rotatable bonds is 5. The van der Waals surface area contributed by atoms with Gasteiger partial charge in [-0.1, -0.05) is 0 Å². The van der Waals surface area contributed by atoms with Gasteiger partial charge in [-0.15, -0.1) is 0 Å². The molecule has 1 saturated carbocycles. The van der Waals surface area contributed by atoms with E-state index in [0.29, 0.717) is 18.2 Å². The minimum Gasteiger partial charge on any atom is -0.328 e. The zero-order chi connectivity index (χ0) is 15.5. The van der Waals surface area contributed by atoms with Crippen molar-refractivity contribution in [3.8, 4) is 0 Å². The number of amides is 1. The largest absolute Gasteiger partial charge is 0.328 e. The molecule has 0 spiro atoms. The number of sulfonamides is 1. The molecule has 6 nitrogen and oxygen atoms in total. The molecule has 1 aromatic carbocycles. The maximum Gasteiger partial charge on any atom is 0.240 e. The van der Waals surface area contributed by atoms with Crippen molar-refractivity contribution < 1.29 is 13.2 Å². The highest BCUT2D eigenvalue weighted by Gasteiger charge is 2.23. The molecule has 0 bridgehead atoms. The van der Waals surface area contributed by atoms with Crippen LogP contribution in [0.3, 0.4) is 0 Å². The van der Waals surface area contributed by atoms with E-state index >= 15 is 0 Å². The van der Waals surface area contributed by atoms with Gasteiger partial charge in [0.25, 0.3) is 0 Å². The second kappa shape index (κ2) is 6.55. The molecular weight excluding hydrogens is 290 g/mol. The van der Waals surface area contributed by atoms with Crippen molar-refractivity contribution in [2.45, 2.75) is 37.1 Å². The SMILES string of the molecule is CC(=O)Nc1ccc(S(=O)(=O)NCC2CCC(N)C2)cc1. The lowest BCUT2D eigenvalue weighted by Crippen LogP contribution is -2.29. The number of carbonyl (C=O) groups excluding carboxylic acids is 1. The highest BCUT2D eigenvalue weighted by Crippen LogP contribution is 2.24. The summed E-state index contributed by atoms with van der Waals surface area (Å²) in [5, 5.41) is 2.60. The molecule has 7 heteroatoms. The standard InChI is InChI=1S/C14H21N3O3S/c1-10(18)17-13-4-6-14(7-5-13)21(19,20)16-9-11-2-3-12(15)8-11/h4-7,11-12,16H,2-3,8-9,15H2,1H3,(H,17,18). The second-order valence-corrected chi connectivity index (χ2v) is 7.26. The third-order valence-corrected chi connectivity index (χ3v) is 5.07. The van der Waals surface area contributed by atoms with Crippen molar-refractivity contribution in [1.29, 1.82) is 0 Å². The Morgan fingerprint density at radius 3 is 2.48 bits per heavy atom. The van der Waals surface area contributed by atoms with Gasteiger partial charge < -0.3 is 11.1 Å². The molecule has 2 rings (SSSR count). The number of nitrogens with one attached hydrogen (secondary N) is 2. The van der Waals surface area contributed by atoms with E-state index in [0.717, 1.165) is 19.3 Å². The van der Waals surface area contributed by atoms with E-state index in [-0.39, 0.29) is 16.8 Å². The van der Waals surface area contributed by atoms with Gasteiger partial charge >= 0.3 is 0 Å². The second-order valence-electron chi connectivity index (χ2n) is 5.50. The molecule has 2 atom stereocenters. The van der Waals surface area contributed by atoms with Crippen LogP contribution in [-0.2, 0) is 14.8 Å². The van der Waals surface area contributed by atoms with Crippen LogP contribution >= 0.6 is 0 Å². The average molecular weight is 311 g/mol. The summed E-state index contributed by atoms with van der Waals surface area (Å²) in [6.45, 7) is 1.82. The van der Waals surface area contributed by atoms with Crippen LogP contribution < -0.4 is 15.8 Å². The number of hydrogen-bond acceptors (Lipinski definition) is 4. The summed E-state index contributed by atoms with van der Waals surface area (Å²) in [7, 11) is -3.51. The molecule has 1 aliphatic rings. The number of carbonyl (C=O) groups is 1. The smallest absolute Gasteiger partial charge is 0.240 e. The fraction of sp³-hybridized carbons (Fsp3) is 0.500. The maximum atomic E-state index is 12.2. The summed E-state index contributed by atoms with van der Waals surface area (Å²) in [5.41, 5.74) is 6.39. The van der Waals surface area contributed by atoms with Gasteiger partial charge in [0.05, 0.1) is 4.90 Å². The van der Waals surface area contributed by atoms with Crippen LogP contribution in [0.4, 0.5) is 5.69 Å². The number of hydrogen-bond donors (Lipinski definition) is 3. The zero-order valence-corrected chi connectivity index (χ0v) is 12.8. The predicted molar refractivity (Wildman–Crippen MR) is 81.3 cm³/mol. The van der Waals surface area contributed by atoms with E-state index in [9.17, 15) is 13.2 Å². The van der Waals surface area contributed by atoms with E-state index in [4.69, 9.17) is 5.73 Å². The molecule has 0 heterocycles. The first-order valence-corrected chi connectivity index (χ1v) is 8.48. The van der Waals surface area contributed by atoms with Crippen molar-refractivity contribution in [1.82, 2.24) is 4.72 Å². The summed E-state index contributed by atoms with van der Waals surface area (Å²) >= 11 is 0.